The molecule has 4 heteroatoms. The summed E-state index contributed by atoms with van der Waals surface area (Å²) in [4.78, 5) is 15.6. The first-order valence-electron chi connectivity index (χ1n) is 6.80. The summed E-state index contributed by atoms with van der Waals surface area (Å²) in [7, 11) is 1.87. The highest BCUT2D eigenvalue weighted by atomic mass is 32.1. The van der Waals surface area contributed by atoms with Crippen molar-refractivity contribution >= 4 is 17.2 Å². The number of benzene rings is 1. The van der Waals surface area contributed by atoms with Crippen molar-refractivity contribution in [3.8, 4) is 0 Å². The maximum absolute atomic E-state index is 12.6. The lowest BCUT2D eigenvalue weighted by Gasteiger charge is -2.24. The van der Waals surface area contributed by atoms with Crippen LogP contribution in [0.5, 0.6) is 0 Å². The zero-order valence-electron chi connectivity index (χ0n) is 11.7. The molecule has 1 atom stereocenters. The fraction of sp³-hybridized carbons (Fsp3) is 0.312. The van der Waals surface area contributed by atoms with Gasteiger partial charge in [-0.05, 0) is 41.6 Å². The van der Waals surface area contributed by atoms with E-state index in [1.165, 1.54) is 16.0 Å². The van der Waals surface area contributed by atoms with Gasteiger partial charge in [-0.1, -0.05) is 12.1 Å². The number of nitrogens with zero attached hydrogens (tertiary/aromatic N) is 1. The van der Waals surface area contributed by atoms with Crippen LogP contribution in [0.15, 0.2) is 35.7 Å². The molecule has 0 saturated carbocycles. The first-order valence-corrected chi connectivity index (χ1v) is 7.68. The molecule has 1 aliphatic rings. The Balaban J connectivity index is 1.81. The molecule has 104 valence electrons. The predicted octanol–water partition coefficient (Wildman–Crippen LogP) is 3.18. The molecule has 1 amide bonds. The maximum atomic E-state index is 12.6. The van der Waals surface area contributed by atoms with Crippen LogP contribution in [-0.4, -0.2) is 17.9 Å². The molecule has 3 nitrogen and oxygen atoms in total. The maximum Gasteiger partial charge on any atom is 0.254 e. The molecule has 1 aromatic carbocycles. The van der Waals surface area contributed by atoms with E-state index >= 15 is 0 Å². The topological polar surface area (TPSA) is 32.3 Å². The summed E-state index contributed by atoms with van der Waals surface area (Å²) < 4.78 is 0. The number of hydrogen-bond donors (Lipinski definition) is 1. The van der Waals surface area contributed by atoms with Crippen molar-refractivity contribution in [1.29, 1.82) is 0 Å². The second kappa shape index (κ2) is 5.38. The highest BCUT2D eigenvalue weighted by molar-refractivity contribution is 7.10. The molecule has 0 saturated heterocycles. The van der Waals surface area contributed by atoms with Gasteiger partial charge < -0.3 is 10.2 Å². The summed E-state index contributed by atoms with van der Waals surface area (Å²) in [6.45, 7) is 3.84. The van der Waals surface area contributed by atoms with E-state index in [0.29, 0.717) is 0 Å². The van der Waals surface area contributed by atoms with Gasteiger partial charge in [0.1, 0.15) is 0 Å². The van der Waals surface area contributed by atoms with Gasteiger partial charge in [-0.25, -0.2) is 0 Å². The molecule has 2 aromatic rings. The molecular weight excluding hydrogens is 268 g/mol. The number of hydrogen-bond acceptors (Lipinski definition) is 3. The smallest absolute Gasteiger partial charge is 0.254 e. The third-order valence-corrected chi connectivity index (χ3v) is 4.98. The fourth-order valence-electron chi connectivity index (χ4n) is 2.53. The third-order valence-electron chi connectivity index (χ3n) is 3.94. The van der Waals surface area contributed by atoms with Crippen LogP contribution in [0, 0.1) is 0 Å². The standard InChI is InChI=1S/C16H18N2OS/c1-11(15-4-3-7-20-15)18(2)16(19)12-5-6-13-9-17-10-14(13)8-12/h3-8,11,17H,9-10H2,1-2H3. The minimum Gasteiger partial charge on any atom is -0.334 e. The van der Waals surface area contributed by atoms with Gasteiger partial charge in [0.25, 0.3) is 5.91 Å². The van der Waals surface area contributed by atoms with Crippen LogP contribution < -0.4 is 5.32 Å². The number of nitrogens with one attached hydrogen (secondary N) is 1. The second-order valence-corrected chi connectivity index (χ2v) is 6.17. The van der Waals surface area contributed by atoms with Crippen molar-refractivity contribution in [1.82, 2.24) is 10.2 Å². The van der Waals surface area contributed by atoms with E-state index in [4.69, 9.17) is 0 Å². The number of carbonyl (C=O) groups excluding carboxylic acids is 1. The summed E-state index contributed by atoms with van der Waals surface area (Å²) in [6, 6.07) is 10.2. The van der Waals surface area contributed by atoms with Gasteiger partial charge >= 0.3 is 0 Å². The Morgan fingerprint density at radius 2 is 2.10 bits per heavy atom. The van der Waals surface area contributed by atoms with Gasteiger partial charge in [0.05, 0.1) is 6.04 Å². The van der Waals surface area contributed by atoms with Crippen LogP contribution in [0.3, 0.4) is 0 Å². The SMILES string of the molecule is CC(c1cccs1)N(C)C(=O)c1ccc2c(c1)CNC2. The number of thiophene rings is 1. The molecule has 0 aliphatic carbocycles. The molecule has 1 aromatic heterocycles. The van der Waals surface area contributed by atoms with E-state index in [2.05, 4.69) is 24.4 Å². The monoisotopic (exact) mass is 286 g/mol. The number of fused-ring (bicyclic) bond motifs is 1. The van der Waals surface area contributed by atoms with Gasteiger partial charge in [0, 0.05) is 30.6 Å². The first kappa shape index (κ1) is 13.3. The number of rotatable bonds is 3. The molecule has 1 aliphatic heterocycles. The van der Waals surface area contributed by atoms with Gasteiger partial charge in [-0.15, -0.1) is 11.3 Å². The molecule has 1 N–H and O–H groups in total. The van der Waals surface area contributed by atoms with E-state index in [1.54, 1.807) is 11.3 Å². The van der Waals surface area contributed by atoms with Crippen LogP contribution in [0.1, 0.15) is 39.3 Å². The zero-order valence-corrected chi connectivity index (χ0v) is 12.5. The Kier molecular flexibility index (Phi) is 3.59. The van der Waals surface area contributed by atoms with Crippen LogP contribution >= 0.6 is 11.3 Å². The molecule has 0 fully saturated rings. The van der Waals surface area contributed by atoms with Crippen LogP contribution in [0.2, 0.25) is 0 Å². The van der Waals surface area contributed by atoms with Crippen molar-refractivity contribution in [3.63, 3.8) is 0 Å². The van der Waals surface area contributed by atoms with Crippen LogP contribution in [0.4, 0.5) is 0 Å². The first-order chi connectivity index (χ1) is 9.66. The van der Waals surface area contributed by atoms with Gasteiger partial charge in [0.15, 0.2) is 0 Å². The Hall–Kier alpha value is -1.65. The van der Waals surface area contributed by atoms with Gasteiger partial charge in [-0.3, -0.25) is 4.79 Å². The molecule has 1 unspecified atom stereocenters. The lowest BCUT2D eigenvalue weighted by molar-refractivity contribution is 0.0745. The van der Waals surface area contributed by atoms with Crippen molar-refractivity contribution in [2.75, 3.05) is 7.05 Å². The van der Waals surface area contributed by atoms with Crippen LogP contribution in [-0.2, 0) is 13.1 Å². The van der Waals surface area contributed by atoms with E-state index in [1.807, 2.05) is 35.5 Å². The lowest BCUT2D eigenvalue weighted by Crippen LogP contribution is -2.29. The van der Waals surface area contributed by atoms with E-state index in [0.717, 1.165) is 18.7 Å². The summed E-state index contributed by atoms with van der Waals surface area (Å²) in [5.41, 5.74) is 3.32. The van der Waals surface area contributed by atoms with Gasteiger partial charge in [-0.2, -0.15) is 0 Å². The Morgan fingerprint density at radius 3 is 2.85 bits per heavy atom. The summed E-state index contributed by atoms with van der Waals surface area (Å²) in [5.74, 6) is 0.0839. The Labute approximate surface area is 123 Å². The summed E-state index contributed by atoms with van der Waals surface area (Å²) in [6.07, 6.45) is 0. The van der Waals surface area contributed by atoms with Crippen molar-refractivity contribution in [3.05, 3.63) is 57.3 Å². The number of carbonyl (C=O) groups is 1. The Morgan fingerprint density at radius 1 is 1.30 bits per heavy atom. The van der Waals surface area contributed by atoms with E-state index in [-0.39, 0.29) is 11.9 Å². The molecule has 3 rings (SSSR count). The normalized spacial score (nSPS) is 14.9. The third kappa shape index (κ3) is 2.37. The van der Waals surface area contributed by atoms with Crippen molar-refractivity contribution in [2.45, 2.75) is 26.1 Å². The molecule has 20 heavy (non-hydrogen) atoms. The zero-order chi connectivity index (χ0) is 14.1. The summed E-state index contributed by atoms with van der Waals surface area (Å²) >= 11 is 1.69. The Bertz CT molecular complexity index is 621. The fourth-order valence-corrected chi connectivity index (χ4v) is 3.35. The van der Waals surface area contributed by atoms with Gasteiger partial charge in [0.2, 0.25) is 0 Å². The lowest BCUT2D eigenvalue weighted by atomic mass is 10.1. The second-order valence-electron chi connectivity index (χ2n) is 5.19. The molecule has 2 heterocycles. The molecule has 0 bridgehead atoms. The highest BCUT2D eigenvalue weighted by Gasteiger charge is 2.21. The molecule has 0 radical (unpaired) electrons. The minimum atomic E-state index is 0.0839. The van der Waals surface area contributed by atoms with Crippen LogP contribution in [0.25, 0.3) is 0 Å². The van der Waals surface area contributed by atoms with E-state index in [9.17, 15) is 4.79 Å². The molecule has 0 spiro atoms. The van der Waals surface area contributed by atoms with E-state index < -0.39 is 0 Å². The number of amides is 1. The van der Waals surface area contributed by atoms with Crippen molar-refractivity contribution in [2.24, 2.45) is 0 Å². The molecular formula is C16H18N2OS. The van der Waals surface area contributed by atoms with Crippen molar-refractivity contribution < 1.29 is 4.79 Å². The quantitative estimate of drug-likeness (QED) is 0.940. The largest absolute Gasteiger partial charge is 0.334 e. The minimum absolute atomic E-state index is 0.0839. The average molecular weight is 286 g/mol. The summed E-state index contributed by atoms with van der Waals surface area (Å²) in [5, 5.41) is 5.35. The highest BCUT2D eigenvalue weighted by Crippen LogP contribution is 2.25. The average Bonchev–Trinajstić information content (AvgIpc) is 3.14. The predicted molar refractivity (Wildman–Crippen MR) is 81.8 cm³/mol.